The number of nitrogens with one attached hydrogen (secondary N) is 1. The summed E-state index contributed by atoms with van der Waals surface area (Å²) < 4.78 is 27.6. The lowest BCUT2D eigenvalue weighted by Crippen LogP contribution is -2.05. The van der Waals surface area contributed by atoms with Crippen molar-refractivity contribution in [2.24, 2.45) is 0 Å². The minimum atomic E-state index is -0.490. The minimum absolute atomic E-state index is 0.232. The Bertz CT molecular complexity index is 1170. The van der Waals surface area contributed by atoms with E-state index in [4.69, 9.17) is 9.15 Å². The van der Waals surface area contributed by atoms with Crippen LogP contribution in [0.5, 0.6) is 0 Å². The molecule has 4 rings (SSSR count). The Hall–Kier alpha value is -3.25. The average Bonchev–Trinajstić information content (AvgIpc) is 3.12. The predicted molar refractivity (Wildman–Crippen MR) is 116 cm³/mol. The van der Waals surface area contributed by atoms with Gasteiger partial charge in [-0.05, 0) is 42.8 Å². The lowest BCUT2D eigenvalue weighted by molar-refractivity contribution is 0.0529. The lowest BCUT2D eigenvalue weighted by atomic mass is 9.99. The highest BCUT2D eigenvalue weighted by atomic mass is 32.1. The molecule has 146 valence electrons. The van der Waals surface area contributed by atoms with Gasteiger partial charge in [-0.25, -0.2) is 9.18 Å². The molecule has 0 atom stereocenters. The number of ether oxygens (including phenoxy) is 1. The summed E-state index contributed by atoms with van der Waals surface area (Å²) in [5, 5.41) is 0.619. The molecule has 0 aliphatic heterocycles. The second-order valence-electron chi connectivity index (χ2n) is 6.41. The molecule has 1 aromatic heterocycles. The van der Waals surface area contributed by atoms with Gasteiger partial charge in [-0.1, -0.05) is 43.1 Å². The van der Waals surface area contributed by atoms with E-state index in [2.05, 4.69) is 17.5 Å². The van der Waals surface area contributed by atoms with Gasteiger partial charge in [-0.3, -0.25) is 0 Å². The second kappa shape index (κ2) is 8.01. The summed E-state index contributed by atoms with van der Waals surface area (Å²) >= 11 is 4.22. The number of carbonyl (C=O) groups is 1. The van der Waals surface area contributed by atoms with E-state index in [1.54, 1.807) is 25.1 Å². The molecule has 1 heterocycles. The minimum Gasteiger partial charge on any atom is -0.462 e. The first-order chi connectivity index (χ1) is 14.1. The molecule has 0 bridgehead atoms. The number of hydrogen-bond acceptors (Lipinski definition) is 5. The van der Waals surface area contributed by atoms with Gasteiger partial charge in [0.1, 0.15) is 22.7 Å². The number of thiol groups is 1. The number of halogens is 1. The Labute approximate surface area is 172 Å². The molecule has 0 spiro atoms. The van der Waals surface area contributed by atoms with E-state index in [0.29, 0.717) is 27.9 Å². The molecule has 0 amide bonds. The van der Waals surface area contributed by atoms with Crippen molar-refractivity contribution in [3.8, 4) is 22.5 Å². The van der Waals surface area contributed by atoms with Crippen LogP contribution in [0.4, 0.5) is 10.1 Å². The second-order valence-corrected chi connectivity index (χ2v) is 6.63. The van der Waals surface area contributed by atoms with Crippen LogP contribution in [0.3, 0.4) is 0 Å². The fraction of sp³-hybridized carbons (Fsp3) is 0.0870. The molecule has 0 aliphatic carbocycles. The van der Waals surface area contributed by atoms with Crippen LogP contribution in [0.15, 0.2) is 71.1 Å². The summed E-state index contributed by atoms with van der Waals surface area (Å²) in [7, 11) is 0. The molecule has 0 radical (unpaired) electrons. The number of fused-ring (bicyclic) bond motifs is 1. The largest absolute Gasteiger partial charge is 0.462 e. The van der Waals surface area contributed by atoms with Crippen LogP contribution in [0.1, 0.15) is 17.3 Å². The number of anilines is 1. The van der Waals surface area contributed by atoms with Gasteiger partial charge in [-0.2, -0.15) is 0 Å². The zero-order chi connectivity index (χ0) is 20.4. The summed E-state index contributed by atoms with van der Waals surface area (Å²) in [4.78, 5) is 12.8. The Morgan fingerprint density at radius 3 is 2.45 bits per heavy atom. The van der Waals surface area contributed by atoms with E-state index in [1.807, 2.05) is 36.4 Å². The molecule has 1 N–H and O–H groups in total. The third-order valence-corrected chi connectivity index (χ3v) is 4.86. The van der Waals surface area contributed by atoms with E-state index < -0.39 is 5.97 Å². The van der Waals surface area contributed by atoms with Crippen LogP contribution in [0.2, 0.25) is 0 Å². The van der Waals surface area contributed by atoms with Crippen molar-refractivity contribution in [1.29, 1.82) is 0 Å². The van der Waals surface area contributed by atoms with E-state index in [0.717, 1.165) is 16.8 Å². The zero-order valence-electron chi connectivity index (χ0n) is 15.6. The first-order valence-electron chi connectivity index (χ1n) is 9.11. The number of hydrogen-bond donors (Lipinski definition) is 2. The SMILES string of the molecule is CCOC(=O)c1c(-c2ccc(F)cc2)oc2cc(NS)c(-c3ccccc3)cc12. The summed E-state index contributed by atoms with van der Waals surface area (Å²) in [6.45, 7) is 1.98. The molecule has 0 aliphatic rings. The average molecular weight is 407 g/mol. The van der Waals surface area contributed by atoms with Crippen LogP contribution >= 0.6 is 12.8 Å². The van der Waals surface area contributed by atoms with Crippen LogP contribution < -0.4 is 4.72 Å². The number of carbonyl (C=O) groups excluding carboxylic acids is 1. The van der Waals surface area contributed by atoms with Crippen LogP contribution in [-0.4, -0.2) is 12.6 Å². The number of furan rings is 1. The Kier molecular flexibility index (Phi) is 5.27. The number of benzene rings is 3. The molecule has 4 aromatic rings. The van der Waals surface area contributed by atoms with Gasteiger partial charge >= 0.3 is 5.97 Å². The van der Waals surface area contributed by atoms with Gasteiger partial charge in [0, 0.05) is 22.6 Å². The predicted octanol–water partition coefficient (Wildman–Crippen LogP) is 6.34. The van der Waals surface area contributed by atoms with Crippen molar-refractivity contribution in [3.63, 3.8) is 0 Å². The number of esters is 1. The highest BCUT2D eigenvalue weighted by molar-refractivity contribution is 7.81. The van der Waals surface area contributed by atoms with Crippen molar-refractivity contribution < 1.29 is 18.3 Å². The zero-order valence-corrected chi connectivity index (χ0v) is 16.5. The lowest BCUT2D eigenvalue weighted by Gasteiger charge is -2.09. The smallest absolute Gasteiger partial charge is 0.342 e. The van der Waals surface area contributed by atoms with E-state index in [1.165, 1.54) is 12.1 Å². The molecule has 6 heteroatoms. The van der Waals surface area contributed by atoms with Crippen LogP contribution in [-0.2, 0) is 4.74 Å². The van der Waals surface area contributed by atoms with Gasteiger partial charge in [-0.15, -0.1) is 0 Å². The third kappa shape index (κ3) is 3.59. The van der Waals surface area contributed by atoms with Gasteiger partial charge in [0.15, 0.2) is 0 Å². The molecule has 0 saturated carbocycles. The topological polar surface area (TPSA) is 51.5 Å². The quantitative estimate of drug-likeness (QED) is 0.299. The third-order valence-electron chi connectivity index (χ3n) is 4.62. The molecular formula is C23H18FNO3S. The van der Waals surface area contributed by atoms with Crippen molar-refractivity contribution in [1.82, 2.24) is 0 Å². The monoisotopic (exact) mass is 407 g/mol. The number of rotatable bonds is 5. The molecule has 4 nitrogen and oxygen atoms in total. The first kappa shape index (κ1) is 19.1. The van der Waals surface area contributed by atoms with Crippen molar-refractivity contribution in [3.05, 3.63) is 78.1 Å². The molecular weight excluding hydrogens is 389 g/mol. The van der Waals surface area contributed by atoms with Crippen molar-refractivity contribution >= 4 is 35.4 Å². The van der Waals surface area contributed by atoms with Gasteiger partial charge in [0.25, 0.3) is 0 Å². The highest BCUT2D eigenvalue weighted by Crippen LogP contribution is 2.40. The molecule has 3 aromatic carbocycles. The van der Waals surface area contributed by atoms with Crippen LogP contribution in [0, 0.1) is 5.82 Å². The summed E-state index contributed by atoms with van der Waals surface area (Å²) in [6.07, 6.45) is 0. The first-order valence-corrected chi connectivity index (χ1v) is 9.56. The van der Waals surface area contributed by atoms with Crippen LogP contribution in [0.25, 0.3) is 33.4 Å². The van der Waals surface area contributed by atoms with Crippen molar-refractivity contribution in [2.75, 3.05) is 11.3 Å². The maximum absolute atomic E-state index is 13.4. The van der Waals surface area contributed by atoms with E-state index in [-0.39, 0.29) is 12.4 Å². The fourth-order valence-electron chi connectivity index (χ4n) is 3.30. The highest BCUT2D eigenvalue weighted by Gasteiger charge is 2.25. The van der Waals surface area contributed by atoms with E-state index in [9.17, 15) is 9.18 Å². The van der Waals surface area contributed by atoms with Gasteiger partial charge < -0.3 is 13.9 Å². The fourth-order valence-corrected chi connectivity index (χ4v) is 3.49. The van der Waals surface area contributed by atoms with Crippen molar-refractivity contribution in [2.45, 2.75) is 6.92 Å². The summed E-state index contributed by atoms with van der Waals surface area (Å²) in [5.41, 5.74) is 3.98. The Morgan fingerprint density at radius 2 is 1.79 bits per heavy atom. The Balaban J connectivity index is 2.00. The maximum atomic E-state index is 13.4. The van der Waals surface area contributed by atoms with Gasteiger partial charge in [0.05, 0.1) is 12.3 Å². The normalized spacial score (nSPS) is 10.9. The molecule has 29 heavy (non-hydrogen) atoms. The summed E-state index contributed by atoms with van der Waals surface area (Å²) in [5.74, 6) is -0.514. The Morgan fingerprint density at radius 1 is 1.07 bits per heavy atom. The standard InChI is InChI=1S/C23H18FNO3S/c1-2-27-23(26)21-18-12-17(14-6-4-3-5-7-14)19(25-29)13-20(18)28-22(21)15-8-10-16(24)11-9-15/h3-13,25,29H,2H2,1H3. The molecule has 0 saturated heterocycles. The molecule has 0 unspecified atom stereocenters. The van der Waals surface area contributed by atoms with Gasteiger partial charge in [0.2, 0.25) is 0 Å². The van der Waals surface area contributed by atoms with E-state index >= 15 is 0 Å². The summed E-state index contributed by atoms with van der Waals surface area (Å²) in [6, 6.07) is 19.2. The maximum Gasteiger partial charge on any atom is 0.342 e. The molecule has 0 fully saturated rings.